The number of hydrogen-bond acceptors (Lipinski definition) is 3. The maximum Gasteiger partial charge on any atom is 0.241 e. The number of para-hydroxylation sites is 1. The largest absolute Gasteiger partial charge is 0.328 e. The monoisotopic (exact) mass is 275 g/mol. The zero-order valence-corrected chi connectivity index (χ0v) is 12.5. The first kappa shape index (κ1) is 15.0. The Labute approximate surface area is 121 Å². The Bertz CT molecular complexity index is 433. The normalized spacial score (nSPS) is 20.9. The molecule has 1 fully saturated rings. The van der Waals surface area contributed by atoms with Gasteiger partial charge in [0.1, 0.15) is 0 Å². The first-order chi connectivity index (χ1) is 9.61. The van der Waals surface area contributed by atoms with E-state index in [9.17, 15) is 4.79 Å². The number of nitrogens with two attached hydrogens (primary N) is 1. The van der Waals surface area contributed by atoms with Crippen LogP contribution in [0.3, 0.4) is 0 Å². The van der Waals surface area contributed by atoms with Crippen LogP contribution in [0.25, 0.3) is 0 Å². The molecule has 1 aromatic rings. The highest BCUT2D eigenvalue weighted by Gasteiger charge is 2.27. The summed E-state index contributed by atoms with van der Waals surface area (Å²) < 4.78 is 0. The van der Waals surface area contributed by atoms with Crippen LogP contribution in [0.15, 0.2) is 30.3 Å². The van der Waals surface area contributed by atoms with Crippen molar-refractivity contribution in [3.8, 4) is 0 Å². The molecule has 1 saturated heterocycles. The molecular formula is C16H25N3O. The molecule has 2 unspecified atom stereocenters. The second-order valence-electron chi connectivity index (χ2n) is 5.62. The van der Waals surface area contributed by atoms with Gasteiger partial charge in [-0.15, -0.1) is 0 Å². The highest BCUT2D eigenvalue weighted by Crippen LogP contribution is 2.19. The fraction of sp³-hybridized carbons (Fsp3) is 0.562. The number of hydrogen-bond donors (Lipinski definition) is 1. The molecule has 0 radical (unpaired) electrons. The van der Waals surface area contributed by atoms with Gasteiger partial charge in [0.05, 0.1) is 6.54 Å². The van der Waals surface area contributed by atoms with Gasteiger partial charge in [0.2, 0.25) is 5.91 Å². The fourth-order valence-electron chi connectivity index (χ4n) is 2.82. The molecule has 20 heavy (non-hydrogen) atoms. The quantitative estimate of drug-likeness (QED) is 0.890. The molecule has 1 amide bonds. The topological polar surface area (TPSA) is 49.6 Å². The van der Waals surface area contributed by atoms with Gasteiger partial charge in [0.15, 0.2) is 0 Å². The van der Waals surface area contributed by atoms with Gasteiger partial charge in [-0.25, -0.2) is 0 Å². The number of anilines is 1. The Balaban J connectivity index is 1.94. The number of amides is 1. The average molecular weight is 275 g/mol. The lowest BCUT2D eigenvalue weighted by atomic mass is 10.0. The van der Waals surface area contributed by atoms with Gasteiger partial charge in [0.25, 0.3) is 0 Å². The highest BCUT2D eigenvalue weighted by atomic mass is 16.2. The number of benzene rings is 1. The van der Waals surface area contributed by atoms with Crippen LogP contribution in [0.1, 0.15) is 20.3 Å². The van der Waals surface area contributed by atoms with E-state index in [2.05, 4.69) is 11.8 Å². The fourth-order valence-corrected chi connectivity index (χ4v) is 2.82. The van der Waals surface area contributed by atoms with Crippen LogP contribution in [0.2, 0.25) is 0 Å². The zero-order chi connectivity index (χ0) is 14.5. The Morgan fingerprint density at radius 3 is 2.70 bits per heavy atom. The lowest BCUT2D eigenvalue weighted by molar-refractivity contribution is -0.119. The smallest absolute Gasteiger partial charge is 0.241 e. The summed E-state index contributed by atoms with van der Waals surface area (Å²) in [5.74, 6) is 0.693. The third-order valence-electron chi connectivity index (χ3n) is 4.10. The Kier molecular flexibility index (Phi) is 5.15. The lowest BCUT2D eigenvalue weighted by Gasteiger charge is -2.24. The summed E-state index contributed by atoms with van der Waals surface area (Å²) in [4.78, 5) is 16.5. The molecular weight excluding hydrogens is 250 g/mol. The van der Waals surface area contributed by atoms with Crippen molar-refractivity contribution in [1.82, 2.24) is 4.90 Å². The van der Waals surface area contributed by atoms with E-state index in [-0.39, 0.29) is 11.9 Å². The molecule has 0 spiro atoms. The summed E-state index contributed by atoms with van der Waals surface area (Å²) in [5, 5.41) is 0. The molecule has 4 heteroatoms. The van der Waals surface area contributed by atoms with Crippen molar-refractivity contribution in [3.05, 3.63) is 30.3 Å². The van der Waals surface area contributed by atoms with Gasteiger partial charge >= 0.3 is 0 Å². The lowest BCUT2D eigenvalue weighted by Crippen LogP contribution is -2.40. The van der Waals surface area contributed by atoms with Crippen molar-refractivity contribution in [1.29, 1.82) is 0 Å². The summed E-state index contributed by atoms with van der Waals surface area (Å²) in [6.45, 7) is 7.18. The molecule has 1 aliphatic rings. The molecule has 0 aliphatic carbocycles. The van der Waals surface area contributed by atoms with Crippen molar-refractivity contribution in [2.24, 2.45) is 11.7 Å². The second-order valence-corrected chi connectivity index (χ2v) is 5.62. The maximum atomic E-state index is 12.5. The second kappa shape index (κ2) is 6.86. The van der Waals surface area contributed by atoms with Crippen molar-refractivity contribution >= 4 is 11.6 Å². The summed E-state index contributed by atoms with van der Waals surface area (Å²) >= 11 is 0. The van der Waals surface area contributed by atoms with E-state index >= 15 is 0 Å². The molecule has 2 N–H and O–H groups in total. The van der Waals surface area contributed by atoms with E-state index in [1.807, 2.05) is 42.2 Å². The Hall–Kier alpha value is -1.39. The average Bonchev–Trinajstić information content (AvgIpc) is 2.89. The van der Waals surface area contributed by atoms with Gasteiger partial charge in [-0.05, 0) is 44.9 Å². The molecule has 0 saturated carbocycles. The summed E-state index contributed by atoms with van der Waals surface area (Å²) in [6.07, 6.45) is 1.10. The predicted molar refractivity (Wildman–Crippen MR) is 82.7 cm³/mol. The highest BCUT2D eigenvalue weighted by molar-refractivity contribution is 5.94. The molecule has 1 heterocycles. The van der Waals surface area contributed by atoms with E-state index in [0.29, 0.717) is 19.0 Å². The minimum atomic E-state index is 0.170. The van der Waals surface area contributed by atoms with E-state index in [4.69, 9.17) is 5.73 Å². The van der Waals surface area contributed by atoms with Crippen LogP contribution in [-0.2, 0) is 4.79 Å². The maximum absolute atomic E-state index is 12.5. The molecule has 110 valence electrons. The van der Waals surface area contributed by atoms with E-state index < -0.39 is 0 Å². The van der Waals surface area contributed by atoms with Crippen LogP contribution < -0.4 is 10.6 Å². The number of likely N-dealkylation sites (tertiary alicyclic amines) is 1. The standard InChI is InChI=1S/C16H25N3O/c1-3-19(15-7-5-4-6-8-15)16(20)12-18-10-9-14(11-18)13(2)17/h4-8,13-14H,3,9-12,17H2,1-2H3. The number of likely N-dealkylation sites (N-methyl/N-ethyl adjacent to an activating group) is 1. The third kappa shape index (κ3) is 3.58. The van der Waals surface area contributed by atoms with Crippen molar-refractivity contribution in [2.75, 3.05) is 31.1 Å². The molecule has 0 bridgehead atoms. The van der Waals surface area contributed by atoms with E-state index in [1.165, 1.54) is 0 Å². The van der Waals surface area contributed by atoms with Gasteiger partial charge in [-0.1, -0.05) is 18.2 Å². The zero-order valence-electron chi connectivity index (χ0n) is 12.5. The van der Waals surface area contributed by atoms with Crippen molar-refractivity contribution < 1.29 is 4.79 Å². The molecule has 1 aromatic carbocycles. The first-order valence-corrected chi connectivity index (χ1v) is 7.45. The number of carbonyl (C=O) groups is 1. The summed E-state index contributed by atoms with van der Waals surface area (Å²) in [5.41, 5.74) is 6.92. The van der Waals surface area contributed by atoms with Gasteiger partial charge in [-0.2, -0.15) is 0 Å². The van der Waals surface area contributed by atoms with E-state index in [1.54, 1.807) is 0 Å². The Morgan fingerprint density at radius 1 is 1.45 bits per heavy atom. The first-order valence-electron chi connectivity index (χ1n) is 7.45. The molecule has 1 aliphatic heterocycles. The van der Waals surface area contributed by atoms with Gasteiger partial charge < -0.3 is 10.6 Å². The van der Waals surface area contributed by atoms with Crippen LogP contribution in [-0.4, -0.2) is 43.0 Å². The summed E-state index contributed by atoms with van der Waals surface area (Å²) in [6, 6.07) is 10.1. The van der Waals surface area contributed by atoms with Crippen LogP contribution in [0, 0.1) is 5.92 Å². The van der Waals surface area contributed by atoms with Crippen molar-refractivity contribution in [3.63, 3.8) is 0 Å². The van der Waals surface area contributed by atoms with Crippen molar-refractivity contribution in [2.45, 2.75) is 26.3 Å². The number of nitrogens with zero attached hydrogens (tertiary/aromatic N) is 2. The molecule has 4 nitrogen and oxygen atoms in total. The van der Waals surface area contributed by atoms with Gasteiger partial charge in [-0.3, -0.25) is 9.69 Å². The van der Waals surface area contributed by atoms with Gasteiger partial charge in [0, 0.05) is 24.8 Å². The predicted octanol–water partition coefficient (Wildman–Crippen LogP) is 1.71. The van der Waals surface area contributed by atoms with E-state index in [0.717, 1.165) is 25.2 Å². The number of carbonyl (C=O) groups excluding carboxylic acids is 1. The summed E-state index contributed by atoms with van der Waals surface area (Å²) in [7, 11) is 0. The minimum absolute atomic E-state index is 0.170. The van der Waals surface area contributed by atoms with Crippen LogP contribution in [0.5, 0.6) is 0 Å². The SMILES string of the molecule is CCN(C(=O)CN1CCC(C(C)N)C1)c1ccccc1. The molecule has 0 aromatic heterocycles. The third-order valence-corrected chi connectivity index (χ3v) is 4.10. The Morgan fingerprint density at radius 2 is 2.15 bits per heavy atom. The van der Waals surface area contributed by atoms with Crippen LogP contribution in [0.4, 0.5) is 5.69 Å². The number of rotatable bonds is 5. The minimum Gasteiger partial charge on any atom is -0.328 e. The molecule has 2 rings (SSSR count). The molecule has 2 atom stereocenters. The van der Waals surface area contributed by atoms with Crippen LogP contribution >= 0.6 is 0 Å².